The van der Waals surface area contributed by atoms with E-state index in [1.54, 1.807) is 0 Å². The fraction of sp³-hybridized carbons (Fsp3) is 0.429. The minimum atomic E-state index is -2.00. The number of nitrogens with one attached hydrogen (secondary N) is 1. The third-order valence-corrected chi connectivity index (χ3v) is 2.24. The first-order valence-electron chi connectivity index (χ1n) is 4.02. The highest BCUT2D eigenvalue weighted by Gasteiger charge is 2.46. The molecule has 8 heteroatoms. The summed E-state index contributed by atoms with van der Waals surface area (Å²) in [5, 5.41) is 30.0. The number of nitrogens with zero attached hydrogens (tertiary/aromatic N) is 2. The second kappa shape index (κ2) is 3.75. The van der Waals surface area contributed by atoms with Crippen LogP contribution in [0.4, 0.5) is 0 Å². The van der Waals surface area contributed by atoms with Gasteiger partial charge in [-0.05, 0) is 13.0 Å². The Morgan fingerprint density at radius 1 is 1.53 bits per heavy atom. The van der Waals surface area contributed by atoms with Gasteiger partial charge in [0.2, 0.25) is 0 Å². The molecule has 0 spiro atoms. The van der Waals surface area contributed by atoms with Gasteiger partial charge in [-0.3, -0.25) is 20.2 Å². The minimum Gasteiger partial charge on any atom is -0.310 e. The standard InChI is InChI=1S/C7H9N3O5/c1-5-2-3-7(8-11,10(14)15)4-6(5)9(12)13/h2-3,8,11H,4H2,1H3. The Labute approximate surface area is 84.1 Å². The zero-order valence-corrected chi connectivity index (χ0v) is 7.84. The van der Waals surface area contributed by atoms with Crippen LogP contribution in [0.1, 0.15) is 13.3 Å². The second-order valence-electron chi connectivity index (χ2n) is 3.19. The first-order chi connectivity index (χ1) is 6.93. The van der Waals surface area contributed by atoms with Gasteiger partial charge in [0.15, 0.2) is 0 Å². The topological polar surface area (TPSA) is 119 Å². The molecule has 0 bridgehead atoms. The van der Waals surface area contributed by atoms with Crippen molar-refractivity contribution >= 4 is 0 Å². The maximum absolute atomic E-state index is 10.7. The molecule has 1 unspecified atom stereocenters. The maximum Gasteiger partial charge on any atom is 0.324 e. The van der Waals surface area contributed by atoms with Gasteiger partial charge in [-0.25, -0.2) is 0 Å². The Morgan fingerprint density at radius 2 is 2.13 bits per heavy atom. The van der Waals surface area contributed by atoms with Crippen molar-refractivity contribution < 1.29 is 15.1 Å². The third-order valence-electron chi connectivity index (χ3n) is 2.24. The predicted octanol–water partition coefficient (Wildman–Crippen LogP) is 0.449. The van der Waals surface area contributed by atoms with E-state index in [9.17, 15) is 20.2 Å². The first-order valence-corrected chi connectivity index (χ1v) is 4.02. The lowest BCUT2D eigenvalue weighted by molar-refractivity contribution is -0.580. The fourth-order valence-corrected chi connectivity index (χ4v) is 1.26. The lowest BCUT2D eigenvalue weighted by Gasteiger charge is -2.21. The Balaban J connectivity index is 3.12. The molecular formula is C7H9N3O5. The van der Waals surface area contributed by atoms with Crippen LogP contribution in [0.2, 0.25) is 0 Å². The summed E-state index contributed by atoms with van der Waals surface area (Å²) in [6.45, 7) is 1.48. The number of hydrogen-bond acceptors (Lipinski definition) is 6. The van der Waals surface area contributed by atoms with Gasteiger partial charge in [0.25, 0.3) is 5.70 Å². The molecule has 1 rings (SSSR count). The number of hydrogen-bond donors (Lipinski definition) is 2. The van der Waals surface area contributed by atoms with Crippen molar-refractivity contribution in [1.82, 2.24) is 5.48 Å². The molecule has 0 fully saturated rings. The van der Waals surface area contributed by atoms with Gasteiger partial charge < -0.3 is 5.21 Å². The highest BCUT2D eigenvalue weighted by atomic mass is 16.6. The van der Waals surface area contributed by atoms with Crippen molar-refractivity contribution in [3.8, 4) is 0 Å². The van der Waals surface area contributed by atoms with Crippen molar-refractivity contribution in [2.45, 2.75) is 19.0 Å². The van der Waals surface area contributed by atoms with Crippen LogP contribution in [0.3, 0.4) is 0 Å². The molecule has 82 valence electrons. The summed E-state index contributed by atoms with van der Waals surface area (Å²) >= 11 is 0. The molecule has 0 saturated heterocycles. The molecule has 0 radical (unpaired) electrons. The zero-order chi connectivity index (χ0) is 11.6. The van der Waals surface area contributed by atoms with Crippen LogP contribution in [-0.4, -0.2) is 20.7 Å². The molecule has 0 heterocycles. The second-order valence-corrected chi connectivity index (χ2v) is 3.19. The quantitative estimate of drug-likeness (QED) is 0.400. The van der Waals surface area contributed by atoms with Crippen LogP contribution in [0, 0.1) is 20.2 Å². The fourth-order valence-electron chi connectivity index (χ4n) is 1.26. The van der Waals surface area contributed by atoms with Gasteiger partial charge in [0.1, 0.15) is 6.42 Å². The van der Waals surface area contributed by atoms with E-state index in [1.807, 2.05) is 0 Å². The number of nitro groups is 2. The van der Waals surface area contributed by atoms with E-state index < -0.39 is 21.9 Å². The van der Waals surface area contributed by atoms with Crippen LogP contribution >= 0.6 is 0 Å². The van der Waals surface area contributed by atoms with Gasteiger partial charge in [0, 0.05) is 16.6 Å². The lowest BCUT2D eigenvalue weighted by atomic mass is 9.95. The molecule has 0 amide bonds. The minimum absolute atomic E-state index is 0.282. The van der Waals surface area contributed by atoms with Crippen LogP contribution < -0.4 is 5.48 Å². The normalized spacial score (nSPS) is 25.5. The van der Waals surface area contributed by atoms with E-state index in [1.165, 1.54) is 18.5 Å². The SMILES string of the molecule is CC1=C([N+](=O)[O-])CC(NO)([N+](=O)[O-])C=C1. The molecule has 15 heavy (non-hydrogen) atoms. The molecule has 8 nitrogen and oxygen atoms in total. The molecule has 1 aliphatic rings. The summed E-state index contributed by atoms with van der Waals surface area (Å²) in [5.41, 5.74) is -0.442. The Hall–Kier alpha value is -1.80. The van der Waals surface area contributed by atoms with Crippen LogP contribution in [0.25, 0.3) is 0 Å². The van der Waals surface area contributed by atoms with E-state index in [4.69, 9.17) is 5.21 Å². The molecule has 2 N–H and O–H groups in total. The molecular weight excluding hydrogens is 206 g/mol. The monoisotopic (exact) mass is 215 g/mol. The smallest absolute Gasteiger partial charge is 0.310 e. The van der Waals surface area contributed by atoms with E-state index in [2.05, 4.69) is 0 Å². The summed E-state index contributed by atoms with van der Waals surface area (Å²) in [6.07, 6.45) is 1.84. The third kappa shape index (κ3) is 1.85. The predicted molar refractivity (Wildman–Crippen MR) is 48.1 cm³/mol. The van der Waals surface area contributed by atoms with Crippen molar-refractivity contribution in [3.05, 3.63) is 43.7 Å². The average Bonchev–Trinajstić information content (AvgIpc) is 2.18. The number of hydroxylamine groups is 1. The summed E-state index contributed by atoms with van der Waals surface area (Å²) in [4.78, 5) is 19.7. The summed E-state index contributed by atoms with van der Waals surface area (Å²) in [5.74, 6) is 0. The van der Waals surface area contributed by atoms with Gasteiger partial charge in [-0.2, -0.15) is 0 Å². The molecule has 1 aliphatic carbocycles. The molecule has 1 atom stereocenters. The van der Waals surface area contributed by atoms with Crippen molar-refractivity contribution in [3.63, 3.8) is 0 Å². The summed E-state index contributed by atoms with van der Waals surface area (Å²) in [6, 6.07) is 0. The van der Waals surface area contributed by atoms with Gasteiger partial charge in [0.05, 0.1) is 4.92 Å². The van der Waals surface area contributed by atoms with Gasteiger partial charge in [-0.1, -0.05) is 0 Å². The average molecular weight is 215 g/mol. The van der Waals surface area contributed by atoms with Crippen molar-refractivity contribution in [1.29, 1.82) is 0 Å². The van der Waals surface area contributed by atoms with Crippen LogP contribution in [0.5, 0.6) is 0 Å². The first kappa shape index (κ1) is 11.3. The van der Waals surface area contributed by atoms with Gasteiger partial charge >= 0.3 is 5.66 Å². The van der Waals surface area contributed by atoms with Crippen LogP contribution in [0.15, 0.2) is 23.4 Å². The largest absolute Gasteiger partial charge is 0.324 e. The van der Waals surface area contributed by atoms with E-state index in [0.29, 0.717) is 5.57 Å². The Morgan fingerprint density at radius 3 is 2.53 bits per heavy atom. The highest BCUT2D eigenvalue weighted by molar-refractivity contribution is 5.28. The lowest BCUT2D eigenvalue weighted by Crippen LogP contribution is -2.50. The summed E-state index contributed by atoms with van der Waals surface area (Å²) < 4.78 is 0. The molecule has 0 aromatic rings. The van der Waals surface area contributed by atoms with E-state index >= 15 is 0 Å². The Bertz CT molecular complexity index is 375. The molecule has 0 aromatic carbocycles. The van der Waals surface area contributed by atoms with Crippen LogP contribution in [-0.2, 0) is 0 Å². The van der Waals surface area contributed by atoms with Crippen molar-refractivity contribution in [2.24, 2.45) is 0 Å². The van der Waals surface area contributed by atoms with E-state index in [-0.39, 0.29) is 5.70 Å². The molecule has 0 aliphatic heterocycles. The van der Waals surface area contributed by atoms with Gasteiger partial charge in [-0.15, -0.1) is 5.48 Å². The Kier molecular flexibility index (Phi) is 2.82. The van der Waals surface area contributed by atoms with E-state index in [0.717, 1.165) is 6.08 Å². The molecule has 0 saturated carbocycles. The molecule has 0 aromatic heterocycles. The van der Waals surface area contributed by atoms with Crippen molar-refractivity contribution in [2.75, 3.05) is 0 Å². The number of rotatable bonds is 3. The highest BCUT2D eigenvalue weighted by Crippen LogP contribution is 2.27. The zero-order valence-electron chi connectivity index (χ0n) is 7.84. The maximum atomic E-state index is 10.7. The number of allylic oxidation sites excluding steroid dienone is 2. The summed E-state index contributed by atoms with van der Waals surface area (Å²) in [7, 11) is 0.